The third-order valence-corrected chi connectivity index (χ3v) is 13.9. The van der Waals surface area contributed by atoms with Crippen LogP contribution < -0.4 is 21.7 Å². The zero-order valence-corrected chi connectivity index (χ0v) is 41.8. The molecule has 2 aliphatic carbocycles. The molecule has 1 saturated heterocycles. The highest BCUT2D eigenvalue weighted by Crippen LogP contribution is 2.36. The maximum atomic E-state index is 14.6. The van der Waals surface area contributed by atoms with Crippen LogP contribution in [-0.2, 0) is 52.4 Å². The first-order chi connectivity index (χ1) is 33.8. The fourth-order valence-electron chi connectivity index (χ4n) is 8.68. The highest BCUT2D eigenvalue weighted by atomic mass is 32.2. The van der Waals surface area contributed by atoms with Crippen molar-refractivity contribution in [2.24, 2.45) is 17.6 Å². The summed E-state index contributed by atoms with van der Waals surface area (Å²) in [4.78, 5) is 81.3. The van der Waals surface area contributed by atoms with Crippen molar-refractivity contribution < 1.29 is 103 Å². The number of aliphatic hydroxyl groups excluding tert-OH is 9. The zero-order chi connectivity index (χ0) is 54.0. The van der Waals surface area contributed by atoms with Crippen LogP contribution in [0.1, 0.15) is 47.5 Å². The number of thioether (sulfide) groups is 1. The number of ketones is 2. The maximum Gasteiger partial charge on any atom is 0.405 e. The molecule has 1 saturated carbocycles. The van der Waals surface area contributed by atoms with Crippen LogP contribution in [0.2, 0.25) is 0 Å². The number of nitrogens with two attached hydrogens (primary N) is 1. The summed E-state index contributed by atoms with van der Waals surface area (Å²) in [7, 11) is 3.87. The summed E-state index contributed by atoms with van der Waals surface area (Å²) in [5, 5.41) is 103. The van der Waals surface area contributed by atoms with E-state index in [-0.39, 0.29) is 24.0 Å². The Morgan fingerprint density at radius 2 is 1.51 bits per heavy atom. The number of aliphatic hydroxyl groups is 9. The van der Waals surface area contributed by atoms with Crippen molar-refractivity contribution in [3.8, 4) is 0 Å². The predicted octanol–water partition coefficient (Wildman–Crippen LogP) is -3.90. The van der Waals surface area contributed by atoms with E-state index in [1.807, 2.05) is 0 Å². The van der Waals surface area contributed by atoms with Crippen molar-refractivity contribution in [2.45, 2.75) is 145 Å². The number of hydrogen-bond acceptors (Lipinski definition) is 22. The molecule has 26 heteroatoms. The van der Waals surface area contributed by atoms with Gasteiger partial charge in [-0.3, -0.25) is 24.0 Å². The number of methoxy groups -OCH3 is 3. The van der Waals surface area contributed by atoms with E-state index < -0.39 is 174 Å². The first-order valence-electron chi connectivity index (χ1n) is 22.9. The second-order valence-electron chi connectivity index (χ2n) is 18.1. The SMILES string of the molecule is COC1=C2C[C@@H](C)C[C@H](OC)[C@H](O)[C@@H](C)C=C(C)[C@H](OC(N)=O)[C@@H](OC)C=CC=C(C)C(=O)NC(=C(SC[C@H](NC(C)=O)C(=O)N[C@H]3[C@@H](OC4[C@H](O)[C@H](O)C(O)[C@H](O)[C@H]4O)O[C@H](CO)[C@@H](O)[C@@H]3O)C1=O)C2=O. The lowest BCUT2D eigenvalue weighted by molar-refractivity contribution is -0.319. The first-order valence-corrected chi connectivity index (χ1v) is 23.9. The molecule has 2 aliphatic heterocycles. The highest BCUT2D eigenvalue weighted by molar-refractivity contribution is 8.04. The second kappa shape index (κ2) is 26.5. The lowest BCUT2D eigenvalue weighted by Crippen LogP contribution is -2.69. The summed E-state index contributed by atoms with van der Waals surface area (Å²) in [6.45, 7) is 6.60. The molecule has 72 heavy (non-hydrogen) atoms. The smallest absolute Gasteiger partial charge is 0.405 e. The predicted molar refractivity (Wildman–Crippen MR) is 250 cm³/mol. The van der Waals surface area contributed by atoms with E-state index in [9.17, 15) is 74.7 Å². The Balaban J connectivity index is 1.76. The van der Waals surface area contributed by atoms with Crippen molar-refractivity contribution in [1.82, 2.24) is 16.0 Å². The van der Waals surface area contributed by atoms with Crippen LogP contribution in [0.5, 0.6) is 0 Å². The van der Waals surface area contributed by atoms with Gasteiger partial charge in [-0.15, -0.1) is 11.8 Å². The second-order valence-corrected chi connectivity index (χ2v) is 19.1. The number of Topliss-reactive ketones (excluding diaryl/α,β-unsaturated/α-hetero) is 2. The third kappa shape index (κ3) is 14.1. The number of allylic oxidation sites excluding steroid dienone is 4. The highest BCUT2D eigenvalue weighted by Gasteiger charge is 2.53. The number of fused-ring (bicyclic) bond motifs is 2. The van der Waals surface area contributed by atoms with Gasteiger partial charge >= 0.3 is 6.09 Å². The monoisotopic (exact) mass is 1040 g/mol. The van der Waals surface area contributed by atoms with Crippen LogP contribution >= 0.6 is 11.8 Å². The quantitative estimate of drug-likeness (QED) is 0.0619. The molecule has 0 spiro atoms. The van der Waals surface area contributed by atoms with Crippen LogP contribution in [0.4, 0.5) is 4.79 Å². The van der Waals surface area contributed by atoms with Gasteiger partial charge in [-0.1, -0.05) is 38.2 Å². The molecule has 0 aromatic heterocycles. The van der Waals surface area contributed by atoms with E-state index in [2.05, 4.69) is 16.0 Å². The van der Waals surface area contributed by atoms with Gasteiger partial charge in [0.2, 0.25) is 23.4 Å². The van der Waals surface area contributed by atoms with Crippen LogP contribution in [0.15, 0.2) is 57.4 Å². The van der Waals surface area contributed by atoms with Crippen LogP contribution in [0.25, 0.3) is 0 Å². The minimum absolute atomic E-state index is 0.00788. The fourth-order valence-corrected chi connectivity index (χ4v) is 9.76. The summed E-state index contributed by atoms with van der Waals surface area (Å²) in [6, 6.07) is -3.54. The number of nitrogens with one attached hydrogen (secondary N) is 3. The van der Waals surface area contributed by atoms with E-state index in [0.29, 0.717) is 17.3 Å². The molecule has 404 valence electrons. The number of carbonyl (C=O) groups is 6. The Labute approximate surface area is 419 Å². The molecule has 25 nitrogen and oxygen atoms in total. The minimum Gasteiger partial charge on any atom is -0.492 e. The topological polar surface area (TPSA) is 402 Å². The van der Waals surface area contributed by atoms with Gasteiger partial charge in [0.25, 0.3) is 5.91 Å². The molecule has 2 fully saturated rings. The standard InChI is InChI=1S/C46H68N4O21S/c1-17-12-22-30(54)27(49-43(63)18(2)10-9-11-24(66-6)39(71-46(47)65)20(4)14-19(3)29(53)25(13-17)67-7)42(38(62)40(22)68-8)72-16-23(48-21(5)52)44(64)50-28-32(56)31(55)26(15-51)69-45(28)70-41-36(60)34(58)33(57)35(59)37(41)61/h9-11,14,17,19,23-26,28-29,31-37,39,41,45,51,53,55-61H,12-13,15-16H2,1-8H3,(H2,47,65)(H,48,52)(H,49,63)(H,50,64)/t17-,19+,23+,24+,25+,26-,28-,29-,31-,32-,33?,34-,35+,36-,37-,39+,41?,45-/m1/s1. The van der Waals surface area contributed by atoms with Crippen LogP contribution in [0.3, 0.4) is 0 Å². The van der Waals surface area contributed by atoms with E-state index in [1.54, 1.807) is 26.8 Å². The van der Waals surface area contributed by atoms with Gasteiger partial charge in [0.05, 0.1) is 30.8 Å². The molecule has 0 aromatic carbocycles. The minimum atomic E-state index is -2.09. The average molecular weight is 1050 g/mol. The maximum absolute atomic E-state index is 14.6. The van der Waals surface area contributed by atoms with Crippen LogP contribution in [-0.4, -0.2) is 213 Å². The van der Waals surface area contributed by atoms with Gasteiger partial charge in [-0.2, -0.15) is 0 Å². The number of rotatable bonds is 13. The molecule has 2 unspecified atom stereocenters. The molecule has 18 atom stereocenters. The number of ether oxygens (including phenoxy) is 6. The van der Waals surface area contributed by atoms with Gasteiger partial charge < -0.3 is 96.1 Å². The number of primary amides is 1. The van der Waals surface area contributed by atoms with E-state index in [1.165, 1.54) is 39.4 Å². The van der Waals surface area contributed by atoms with E-state index >= 15 is 0 Å². The molecule has 2 heterocycles. The lowest BCUT2D eigenvalue weighted by atomic mass is 9.84. The molecular weight excluding hydrogens is 977 g/mol. The van der Waals surface area contributed by atoms with Gasteiger partial charge in [-0.05, 0) is 38.2 Å². The van der Waals surface area contributed by atoms with Crippen LogP contribution in [0, 0.1) is 11.8 Å². The van der Waals surface area contributed by atoms with Crippen molar-refractivity contribution >= 4 is 47.1 Å². The molecule has 0 radical (unpaired) electrons. The average Bonchev–Trinajstić information content (AvgIpc) is 3.33. The largest absolute Gasteiger partial charge is 0.492 e. The van der Waals surface area contributed by atoms with Crippen molar-refractivity contribution in [1.29, 1.82) is 0 Å². The molecule has 2 bridgehead atoms. The van der Waals surface area contributed by atoms with Crippen molar-refractivity contribution in [3.63, 3.8) is 0 Å². The Morgan fingerprint density at radius 1 is 0.889 bits per heavy atom. The first kappa shape index (κ1) is 59.9. The van der Waals surface area contributed by atoms with Gasteiger partial charge in [0.1, 0.15) is 78.8 Å². The molecule has 4 rings (SSSR count). The molecule has 0 aromatic rings. The van der Waals surface area contributed by atoms with Gasteiger partial charge in [0.15, 0.2) is 18.2 Å². The van der Waals surface area contributed by atoms with E-state index in [4.69, 9.17) is 34.2 Å². The molecule has 4 aliphatic rings. The Bertz CT molecular complexity index is 2130. The number of hydrogen-bond donors (Lipinski definition) is 13. The van der Waals surface area contributed by atoms with Gasteiger partial charge in [0, 0.05) is 44.0 Å². The fraction of sp³-hybridized carbons (Fsp3) is 0.652. The zero-order valence-electron chi connectivity index (χ0n) is 40.9. The summed E-state index contributed by atoms with van der Waals surface area (Å²) < 4.78 is 33.5. The molecule has 4 amide bonds. The van der Waals surface area contributed by atoms with Gasteiger partial charge in [-0.25, -0.2) is 4.79 Å². The Morgan fingerprint density at radius 3 is 2.07 bits per heavy atom. The van der Waals surface area contributed by atoms with Crippen molar-refractivity contribution in [2.75, 3.05) is 33.7 Å². The summed E-state index contributed by atoms with van der Waals surface area (Å²) in [6.07, 6.45) is -19.1. The summed E-state index contributed by atoms with van der Waals surface area (Å²) in [5.41, 5.74) is 5.19. The normalized spacial score (nSPS) is 36.0. The van der Waals surface area contributed by atoms with Crippen molar-refractivity contribution in [3.05, 3.63) is 57.4 Å². The Hall–Kier alpha value is -4.65. The molecule has 14 N–H and O–H groups in total. The number of amides is 4. The Kier molecular flexibility index (Phi) is 22.1. The molecular formula is C46H68N4O21S. The summed E-state index contributed by atoms with van der Waals surface area (Å²) >= 11 is 0.540. The summed E-state index contributed by atoms with van der Waals surface area (Å²) in [5.74, 6) is -6.68. The van der Waals surface area contributed by atoms with E-state index in [0.717, 1.165) is 14.0 Å². The third-order valence-electron chi connectivity index (χ3n) is 12.7. The lowest BCUT2D eigenvalue weighted by Gasteiger charge is -2.47. The number of carbonyl (C=O) groups excluding carboxylic acids is 6.